The summed E-state index contributed by atoms with van der Waals surface area (Å²) in [6.07, 6.45) is -4.44. The van der Waals surface area contributed by atoms with E-state index in [0.717, 1.165) is 17.7 Å². The van der Waals surface area contributed by atoms with E-state index in [0.29, 0.717) is 39.1 Å². The van der Waals surface area contributed by atoms with Gasteiger partial charge >= 0.3 is 6.18 Å². The van der Waals surface area contributed by atoms with Gasteiger partial charge < -0.3 is 14.5 Å². The second kappa shape index (κ2) is 7.83. The van der Waals surface area contributed by atoms with Crippen LogP contribution in [0, 0.1) is 0 Å². The van der Waals surface area contributed by atoms with Crippen LogP contribution in [0.15, 0.2) is 71.5 Å². The molecular weight excluding hydrogens is 407 g/mol. The molecule has 4 aromatic rings. The number of pyridine rings is 1. The van der Waals surface area contributed by atoms with E-state index in [4.69, 9.17) is 9.47 Å². The average Bonchev–Trinajstić information content (AvgIpc) is 2.78. The van der Waals surface area contributed by atoms with E-state index in [9.17, 15) is 18.0 Å². The first-order valence-corrected chi connectivity index (χ1v) is 9.38. The van der Waals surface area contributed by atoms with E-state index in [1.165, 1.54) is 26.4 Å². The maximum Gasteiger partial charge on any atom is 0.416 e. The van der Waals surface area contributed by atoms with Gasteiger partial charge in [0.15, 0.2) is 11.5 Å². The first-order chi connectivity index (χ1) is 14.8. The lowest BCUT2D eigenvalue weighted by molar-refractivity contribution is -0.137. The largest absolute Gasteiger partial charge is 0.493 e. The van der Waals surface area contributed by atoms with E-state index >= 15 is 0 Å². The second-order valence-corrected chi connectivity index (χ2v) is 6.90. The number of alkyl halides is 3. The molecule has 3 aromatic carbocycles. The standard InChI is InChI=1S/C24H18F3NO3/c1-30-19-12-17-18(13-20(19)31-2)23(29)28-22(21(17)14-6-4-3-5-7-14)15-8-10-16(11-9-15)24(25,26)27/h3-13H,1-2H3,(H,28,29). The summed E-state index contributed by atoms with van der Waals surface area (Å²) in [5.74, 6) is 0.845. The van der Waals surface area contributed by atoms with E-state index in [2.05, 4.69) is 4.98 Å². The van der Waals surface area contributed by atoms with Crippen LogP contribution in [0.5, 0.6) is 11.5 Å². The third-order valence-electron chi connectivity index (χ3n) is 5.09. The number of aromatic amines is 1. The minimum Gasteiger partial charge on any atom is -0.493 e. The summed E-state index contributed by atoms with van der Waals surface area (Å²) in [6.45, 7) is 0. The Morgan fingerprint density at radius 2 is 1.35 bits per heavy atom. The molecule has 1 aromatic heterocycles. The minimum absolute atomic E-state index is 0.382. The molecule has 0 saturated carbocycles. The Morgan fingerprint density at radius 3 is 1.90 bits per heavy atom. The van der Waals surface area contributed by atoms with Crippen molar-refractivity contribution in [3.8, 4) is 33.9 Å². The molecule has 31 heavy (non-hydrogen) atoms. The van der Waals surface area contributed by atoms with Crippen molar-refractivity contribution >= 4 is 10.8 Å². The summed E-state index contributed by atoms with van der Waals surface area (Å²) in [6, 6.07) is 17.3. The molecule has 0 unspecified atom stereocenters. The molecule has 1 heterocycles. The van der Waals surface area contributed by atoms with Crippen molar-refractivity contribution in [1.82, 2.24) is 4.98 Å². The van der Waals surface area contributed by atoms with Crippen molar-refractivity contribution < 1.29 is 22.6 Å². The van der Waals surface area contributed by atoms with E-state index in [-0.39, 0.29) is 5.56 Å². The summed E-state index contributed by atoms with van der Waals surface area (Å²) < 4.78 is 49.8. The number of H-pyrrole nitrogens is 1. The third kappa shape index (κ3) is 3.74. The van der Waals surface area contributed by atoms with Gasteiger partial charge in [-0.1, -0.05) is 42.5 Å². The quantitative estimate of drug-likeness (QED) is 0.443. The summed E-state index contributed by atoms with van der Waals surface area (Å²) in [5, 5.41) is 0.981. The Hall–Kier alpha value is -3.74. The van der Waals surface area contributed by atoms with Crippen molar-refractivity contribution in [1.29, 1.82) is 0 Å². The molecule has 4 nitrogen and oxygen atoms in total. The zero-order chi connectivity index (χ0) is 22.2. The van der Waals surface area contributed by atoms with Gasteiger partial charge in [-0.25, -0.2) is 0 Å². The van der Waals surface area contributed by atoms with Gasteiger partial charge in [0.05, 0.1) is 30.9 Å². The maximum absolute atomic E-state index is 13.0. The minimum atomic E-state index is -4.44. The highest BCUT2D eigenvalue weighted by Gasteiger charge is 2.30. The fourth-order valence-electron chi connectivity index (χ4n) is 3.60. The Kier molecular flexibility index (Phi) is 5.19. The molecule has 0 fully saturated rings. The van der Waals surface area contributed by atoms with E-state index < -0.39 is 11.7 Å². The van der Waals surface area contributed by atoms with Crippen LogP contribution in [-0.4, -0.2) is 19.2 Å². The maximum atomic E-state index is 13.0. The van der Waals surface area contributed by atoms with Crippen LogP contribution < -0.4 is 15.0 Å². The summed E-state index contributed by atoms with van der Waals surface area (Å²) >= 11 is 0. The van der Waals surface area contributed by atoms with E-state index in [1.807, 2.05) is 30.3 Å². The topological polar surface area (TPSA) is 51.3 Å². The molecule has 0 bridgehead atoms. The normalized spacial score (nSPS) is 11.5. The van der Waals surface area contributed by atoms with E-state index in [1.54, 1.807) is 12.1 Å². The lowest BCUT2D eigenvalue weighted by atomic mass is 9.93. The molecule has 0 radical (unpaired) electrons. The number of hydrogen-bond acceptors (Lipinski definition) is 3. The highest BCUT2D eigenvalue weighted by molar-refractivity contribution is 6.03. The fourth-order valence-corrected chi connectivity index (χ4v) is 3.60. The number of ether oxygens (including phenoxy) is 2. The third-order valence-corrected chi connectivity index (χ3v) is 5.09. The monoisotopic (exact) mass is 425 g/mol. The molecule has 4 rings (SSSR count). The molecule has 0 amide bonds. The highest BCUT2D eigenvalue weighted by atomic mass is 19.4. The number of aromatic nitrogens is 1. The summed E-state index contributed by atoms with van der Waals surface area (Å²) in [7, 11) is 2.97. The zero-order valence-electron chi connectivity index (χ0n) is 16.7. The molecule has 0 saturated heterocycles. The second-order valence-electron chi connectivity index (χ2n) is 6.90. The molecule has 0 aliphatic rings. The van der Waals surface area contributed by atoms with Crippen molar-refractivity contribution in [2.75, 3.05) is 14.2 Å². The number of benzene rings is 3. The number of fused-ring (bicyclic) bond motifs is 1. The van der Waals surface area contributed by atoms with Crippen molar-refractivity contribution in [2.24, 2.45) is 0 Å². The first-order valence-electron chi connectivity index (χ1n) is 9.38. The van der Waals surface area contributed by atoms with Crippen LogP contribution in [-0.2, 0) is 6.18 Å². The Morgan fingerprint density at radius 1 is 0.774 bits per heavy atom. The Balaban J connectivity index is 2.07. The average molecular weight is 425 g/mol. The van der Waals surface area contributed by atoms with Gasteiger partial charge in [-0.15, -0.1) is 0 Å². The molecule has 0 aliphatic heterocycles. The molecule has 158 valence electrons. The number of halogens is 3. The molecule has 7 heteroatoms. The predicted octanol–water partition coefficient (Wildman–Crippen LogP) is 5.90. The SMILES string of the molecule is COc1cc2c(-c3ccccc3)c(-c3ccc(C(F)(F)F)cc3)[nH]c(=O)c2cc1OC. The highest BCUT2D eigenvalue weighted by Crippen LogP contribution is 2.40. The lowest BCUT2D eigenvalue weighted by Crippen LogP contribution is -2.10. The van der Waals surface area contributed by atoms with Gasteiger partial charge in [0, 0.05) is 10.9 Å². The molecular formula is C24H18F3NO3. The zero-order valence-corrected chi connectivity index (χ0v) is 16.7. The van der Waals surface area contributed by atoms with Gasteiger partial charge in [-0.3, -0.25) is 4.79 Å². The summed E-state index contributed by atoms with van der Waals surface area (Å²) in [4.78, 5) is 15.8. The van der Waals surface area contributed by atoms with Crippen LogP contribution >= 0.6 is 0 Å². The van der Waals surface area contributed by atoms with Gasteiger partial charge in [0.25, 0.3) is 5.56 Å². The number of rotatable bonds is 4. The summed E-state index contributed by atoms with van der Waals surface area (Å²) in [5.41, 5.74) is 1.21. The molecule has 0 atom stereocenters. The number of methoxy groups -OCH3 is 2. The van der Waals surface area contributed by atoms with Crippen LogP contribution in [0.25, 0.3) is 33.2 Å². The smallest absolute Gasteiger partial charge is 0.416 e. The fraction of sp³-hybridized carbons (Fsp3) is 0.125. The van der Waals surface area contributed by atoms with Crippen molar-refractivity contribution in [3.63, 3.8) is 0 Å². The Bertz CT molecular complexity index is 1290. The molecule has 1 N–H and O–H groups in total. The number of hydrogen-bond donors (Lipinski definition) is 1. The van der Waals surface area contributed by atoms with Crippen molar-refractivity contribution in [2.45, 2.75) is 6.18 Å². The molecule has 0 aliphatic carbocycles. The van der Waals surface area contributed by atoms with Gasteiger partial charge in [0.1, 0.15) is 0 Å². The van der Waals surface area contributed by atoms with Gasteiger partial charge in [-0.2, -0.15) is 13.2 Å². The van der Waals surface area contributed by atoms with Gasteiger partial charge in [0.2, 0.25) is 0 Å². The van der Waals surface area contributed by atoms with Crippen LogP contribution in [0.1, 0.15) is 5.56 Å². The lowest BCUT2D eigenvalue weighted by Gasteiger charge is -2.16. The Labute approximate surface area is 175 Å². The number of nitrogens with one attached hydrogen (secondary N) is 1. The molecule has 0 spiro atoms. The van der Waals surface area contributed by atoms with Crippen LogP contribution in [0.3, 0.4) is 0 Å². The van der Waals surface area contributed by atoms with Crippen LogP contribution in [0.2, 0.25) is 0 Å². The first kappa shape index (κ1) is 20.5. The van der Waals surface area contributed by atoms with Gasteiger partial charge in [-0.05, 0) is 35.4 Å². The predicted molar refractivity (Wildman–Crippen MR) is 114 cm³/mol. The van der Waals surface area contributed by atoms with Crippen molar-refractivity contribution in [3.05, 3.63) is 82.6 Å². The van der Waals surface area contributed by atoms with Crippen LogP contribution in [0.4, 0.5) is 13.2 Å².